The molecule has 0 aliphatic carbocycles. The second-order valence-electron chi connectivity index (χ2n) is 2.91. The van der Waals surface area contributed by atoms with E-state index in [1.165, 1.54) is 6.92 Å². The summed E-state index contributed by atoms with van der Waals surface area (Å²) < 4.78 is 37.5. The molecule has 1 rings (SSSR count). The first-order valence-electron chi connectivity index (χ1n) is 3.95. The summed E-state index contributed by atoms with van der Waals surface area (Å²) in [4.78, 5) is 0. The van der Waals surface area contributed by atoms with Crippen molar-refractivity contribution in [1.82, 2.24) is 9.78 Å². The number of nitrogens with zero attached hydrogens (tertiary/aromatic N) is 3. The van der Waals surface area contributed by atoms with E-state index < -0.39 is 17.8 Å². The smallest absolute Gasteiger partial charge is 0.409 e. The van der Waals surface area contributed by atoms with Crippen LogP contribution in [0.2, 0.25) is 0 Å². The minimum atomic E-state index is -4.44. The molecule has 0 fully saturated rings. The number of alkyl halides is 3. The molecule has 3 N–H and O–H groups in total. The number of nitrogens with two attached hydrogens (primary N) is 1. The molecule has 0 spiro atoms. The summed E-state index contributed by atoms with van der Waals surface area (Å²) in [5.74, 6) is -0.216. The lowest BCUT2D eigenvalue weighted by Gasteiger charge is -2.09. The molecule has 0 amide bonds. The zero-order valence-corrected chi connectivity index (χ0v) is 7.73. The third kappa shape index (κ3) is 2.39. The number of hydrogen-bond donors (Lipinski definition) is 2. The van der Waals surface area contributed by atoms with Crippen LogP contribution in [0.25, 0.3) is 0 Å². The number of oxime groups is 1. The van der Waals surface area contributed by atoms with Crippen molar-refractivity contribution in [1.29, 1.82) is 0 Å². The van der Waals surface area contributed by atoms with Gasteiger partial charge in [0, 0.05) is 6.20 Å². The molecule has 0 saturated heterocycles. The zero-order valence-electron chi connectivity index (χ0n) is 7.73. The fraction of sp³-hybridized carbons (Fsp3) is 0.429. The molecule has 15 heavy (non-hydrogen) atoms. The van der Waals surface area contributed by atoms with Crippen molar-refractivity contribution in [3.63, 3.8) is 0 Å². The molecule has 1 heterocycles. The van der Waals surface area contributed by atoms with E-state index in [9.17, 15) is 13.2 Å². The highest BCUT2D eigenvalue weighted by Gasteiger charge is 2.32. The Hall–Kier alpha value is -1.73. The van der Waals surface area contributed by atoms with E-state index in [2.05, 4.69) is 10.3 Å². The van der Waals surface area contributed by atoms with E-state index in [0.717, 1.165) is 10.9 Å². The van der Waals surface area contributed by atoms with E-state index in [0.29, 0.717) is 6.20 Å². The molecule has 1 atom stereocenters. The van der Waals surface area contributed by atoms with Crippen LogP contribution in [-0.4, -0.2) is 20.8 Å². The van der Waals surface area contributed by atoms with Crippen LogP contribution in [-0.2, 0) is 6.18 Å². The lowest BCUT2D eigenvalue weighted by Crippen LogP contribution is -2.24. The maximum Gasteiger partial charge on any atom is 0.419 e. The van der Waals surface area contributed by atoms with Crippen molar-refractivity contribution < 1.29 is 18.4 Å². The van der Waals surface area contributed by atoms with Gasteiger partial charge in [0.15, 0.2) is 5.84 Å². The molecule has 0 saturated carbocycles. The second kappa shape index (κ2) is 3.79. The van der Waals surface area contributed by atoms with E-state index in [1.54, 1.807) is 0 Å². The van der Waals surface area contributed by atoms with Crippen LogP contribution in [0.5, 0.6) is 0 Å². The minimum Gasteiger partial charge on any atom is -0.409 e. The Labute approximate surface area is 83.0 Å². The van der Waals surface area contributed by atoms with Crippen LogP contribution < -0.4 is 5.73 Å². The summed E-state index contributed by atoms with van der Waals surface area (Å²) in [5, 5.41) is 14.5. The quantitative estimate of drug-likeness (QED) is 0.341. The van der Waals surface area contributed by atoms with Crippen LogP contribution in [0, 0.1) is 0 Å². The highest BCUT2D eigenvalue weighted by Crippen LogP contribution is 2.28. The Morgan fingerprint density at radius 1 is 1.67 bits per heavy atom. The van der Waals surface area contributed by atoms with E-state index in [4.69, 9.17) is 10.9 Å². The van der Waals surface area contributed by atoms with Crippen LogP contribution >= 0.6 is 0 Å². The first kappa shape index (κ1) is 11.3. The standard InChI is InChI=1S/C7H9F3N4O/c1-4(6(11)13-15)14-3-5(2-12-14)7(8,9)10/h2-4,15H,1H3,(H2,11,13). The highest BCUT2D eigenvalue weighted by molar-refractivity contribution is 5.83. The molecular formula is C7H9F3N4O. The summed E-state index contributed by atoms with van der Waals surface area (Å²) >= 11 is 0. The molecule has 0 aliphatic rings. The van der Waals surface area contributed by atoms with Crippen molar-refractivity contribution in [2.75, 3.05) is 0 Å². The number of hydrogen-bond acceptors (Lipinski definition) is 3. The topological polar surface area (TPSA) is 76.4 Å². The zero-order chi connectivity index (χ0) is 11.6. The van der Waals surface area contributed by atoms with Gasteiger partial charge in [0.25, 0.3) is 0 Å². The SMILES string of the molecule is CC(C(N)=NO)n1cc(C(F)(F)F)cn1. The van der Waals surface area contributed by atoms with Crippen molar-refractivity contribution in [2.45, 2.75) is 19.1 Å². The maximum atomic E-state index is 12.2. The average molecular weight is 222 g/mol. The van der Waals surface area contributed by atoms with Crippen molar-refractivity contribution >= 4 is 5.84 Å². The predicted molar refractivity (Wildman–Crippen MR) is 45.3 cm³/mol. The van der Waals surface area contributed by atoms with Crippen LogP contribution in [0.1, 0.15) is 18.5 Å². The molecule has 0 aromatic carbocycles. The largest absolute Gasteiger partial charge is 0.419 e. The van der Waals surface area contributed by atoms with Gasteiger partial charge >= 0.3 is 6.18 Å². The second-order valence-corrected chi connectivity index (χ2v) is 2.91. The minimum absolute atomic E-state index is 0.216. The van der Waals surface area contributed by atoms with E-state index >= 15 is 0 Å². The molecule has 5 nitrogen and oxygen atoms in total. The Kier molecular flexibility index (Phi) is 2.87. The molecule has 1 aromatic heterocycles. The molecule has 1 aromatic rings. The fourth-order valence-electron chi connectivity index (χ4n) is 0.915. The van der Waals surface area contributed by atoms with Gasteiger partial charge in [0.05, 0.1) is 11.8 Å². The van der Waals surface area contributed by atoms with Crippen molar-refractivity contribution in [3.8, 4) is 0 Å². The first-order chi connectivity index (χ1) is 6.86. The van der Waals surface area contributed by atoms with Gasteiger partial charge in [-0.15, -0.1) is 0 Å². The summed E-state index contributed by atoms with van der Waals surface area (Å²) in [6, 6.07) is -0.730. The lowest BCUT2D eigenvalue weighted by atomic mass is 10.3. The van der Waals surface area contributed by atoms with Gasteiger partial charge in [-0.25, -0.2) is 0 Å². The van der Waals surface area contributed by atoms with Crippen LogP contribution in [0.3, 0.4) is 0 Å². The molecule has 8 heteroatoms. The summed E-state index contributed by atoms with van der Waals surface area (Å²) in [5.41, 5.74) is 4.35. The fourth-order valence-corrected chi connectivity index (χ4v) is 0.915. The van der Waals surface area contributed by atoms with Crippen molar-refractivity contribution in [2.24, 2.45) is 10.9 Å². The van der Waals surface area contributed by atoms with Gasteiger partial charge in [-0.2, -0.15) is 18.3 Å². The van der Waals surface area contributed by atoms with Gasteiger partial charge in [0.2, 0.25) is 0 Å². The Bertz CT molecular complexity index is 371. The van der Waals surface area contributed by atoms with Gasteiger partial charge < -0.3 is 10.9 Å². The summed E-state index contributed by atoms with van der Waals surface area (Å²) in [7, 11) is 0. The number of amidine groups is 1. The van der Waals surface area contributed by atoms with Crippen LogP contribution in [0.4, 0.5) is 13.2 Å². The monoisotopic (exact) mass is 222 g/mol. The van der Waals surface area contributed by atoms with E-state index in [-0.39, 0.29) is 5.84 Å². The lowest BCUT2D eigenvalue weighted by molar-refractivity contribution is -0.137. The van der Waals surface area contributed by atoms with Gasteiger partial charge in [0.1, 0.15) is 6.04 Å². The summed E-state index contributed by atoms with van der Waals surface area (Å²) in [6.45, 7) is 1.46. The van der Waals surface area contributed by atoms with Gasteiger partial charge in [-0.05, 0) is 6.92 Å². The Morgan fingerprint density at radius 3 is 2.67 bits per heavy atom. The maximum absolute atomic E-state index is 12.2. The highest BCUT2D eigenvalue weighted by atomic mass is 19.4. The van der Waals surface area contributed by atoms with Crippen LogP contribution in [0.15, 0.2) is 17.5 Å². The third-order valence-corrected chi connectivity index (χ3v) is 1.87. The molecule has 1 unspecified atom stereocenters. The average Bonchev–Trinajstić information content (AvgIpc) is 2.63. The Morgan fingerprint density at radius 2 is 2.27 bits per heavy atom. The normalized spacial score (nSPS) is 15.3. The Balaban J connectivity index is 2.95. The number of halogens is 3. The molecular weight excluding hydrogens is 213 g/mol. The number of aromatic nitrogens is 2. The first-order valence-corrected chi connectivity index (χ1v) is 3.95. The van der Waals surface area contributed by atoms with Gasteiger partial charge in [-0.1, -0.05) is 5.16 Å². The summed E-state index contributed by atoms with van der Waals surface area (Å²) in [6.07, 6.45) is -2.97. The third-order valence-electron chi connectivity index (χ3n) is 1.87. The molecule has 0 bridgehead atoms. The molecule has 0 radical (unpaired) electrons. The number of rotatable bonds is 2. The van der Waals surface area contributed by atoms with Crippen molar-refractivity contribution in [3.05, 3.63) is 18.0 Å². The predicted octanol–water partition coefficient (Wildman–Crippen LogP) is 1.21. The van der Waals surface area contributed by atoms with Gasteiger partial charge in [-0.3, -0.25) is 4.68 Å². The molecule has 84 valence electrons. The van der Waals surface area contributed by atoms with E-state index in [1.807, 2.05) is 0 Å². The molecule has 0 aliphatic heterocycles.